The van der Waals surface area contributed by atoms with Crippen molar-refractivity contribution in [2.24, 2.45) is 5.41 Å². The second-order valence-electron chi connectivity index (χ2n) is 8.38. The number of aliphatic carboxylic acids is 2. The molecule has 1 aromatic rings. The molecule has 0 aliphatic heterocycles. The smallest absolute Gasteiger partial charge is 0.407 e. The van der Waals surface area contributed by atoms with E-state index in [4.69, 9.17) is 9.84 Å². The molecule has 8 nitrogen and oxygen atoms in total. The lowest BCUT2D eigenvalue weighted by atomic mass is 9.84. The Morgan fingerprint density at radius 1 is 1.04 bits per heavy atom. The number of rotatable bonds is 9. The first-order valence-corrected chi connectivity index (χ1v) is 9.06. The normalized spacial score (nSPS) is 12.8. The van der Waals surface area contributed by atoms with Gasteiger partial charge in [-0.05, 0) is 65.2 Å². The number of carboxylic acid groups (broad SMARTS) is 2. The molecule has 1 rings (SSSR count). The second kappa shape index (κ2) is 9.43. The fourth-order valence-corrected chi connectivity index (χ4v) is 2.57. The molecule has 0 aliphatic carbocycles. The topological polar surface area (TPSA) is 125 Å². The van der Waals surface area contributed by atoms with E-state index in [0.29, 0.717) is 12.1 Å². The Bertz CT molecular complexity index is 692. The van der Waals surface area contributed by atoms with E-state index in [9.17, 15) is 19.5 Å². The molecule has 0 fully saturated rings. The van der Waals surface area contributed by atoms with Crippen molar-refractivity contribution in [2.75, 3.05) is 11.9 Å². The lowest BCUT2D eigenvalue weighted by Crippen LogP contribution is -2.43. The molecular weight excluding hydrogens is 364 g/mol. The molecule has 0 saturated heterocycles. The van der Waals surface area contributed by atoms with Gasteiger partial charge in [0.15, 0.2) is 0 Å². The van der Waals surface area contributed by atoms with Gasteiger partial charge in [-0.2, -0.15) is 0 Å². The van der Waals surface area contributed by atoms with Crippen LogP contribution in [0.15, 0.2) is 24.3 Å². The van der Waals surface area contributed by atoms with E-state index in [1.807, 2.05) is 12.1 Å². The van der Waals surface area contributed by atoms with Crippen molar-refractivity contribution in [1.82, 2.24) is 5.32 Å². The van der Waals surface area contributed by atoms with E-state index in [2.05, 4.69) is 10.6 Å². The summed E-state index contributed by atoms with van der Waals surface area (Å²) in [7, 11) is 0. The molecule has 0 aromatic heterocycles. The molecule has 0 saturated carbocycles. The monoisotopic (exact) mass is 394 g/mol. The van der Waals surface area contributed by atoms with Crippen LogP contribution in [0.3, 0.4) is 0 Å². The SMILES string of the molecule is CC(C)(C)OC(=O)N[C@H](Cc1ccc(NCC(=O)O)cc1)CC(C)(C)C(=O)O. The lowest BCUT2D eigenvalue weighted by molar-refractivity contribution is -0.147. The van der Waals surface area contributed by atoms with Gasteiger partial charge in [0.25, 0.3) is 0 Å². The number of nitrogens with one attached hydrogen (secondary N) is 2. The predicted molar refractivity (Wildman–Crippen MR) is 105 cm³/mol. The highest BCUT2D eigenvalue weighted by Crippen LogP contribution is 2.25. The molecule has 8 heteroatoms. The third-order valence-corrected chi connectivity index (χ3v) is 3.94. The maximum Gasteiger partial charge on any atom is 0.407 e. The van der Waals surface area contributed by atoms with E-state index in [0.717, 1.165) is 5.56 Å². The summed E-state index contributed by atoms with van der Waals surface area (Å²) < 4.78 is 5.29. The minimum atomic E-state index is -1.03. The number of benzene rings is 1. The van der Waals surface area contributed by atoms with Crippen LogP contribution >= 0.6 is 0 Å². The van der Waals surface area contributed by atoms with E-state index in [1.54, 1.807) is 46.8 Å². The number of carboxylic acids is 2. The highest BCUT2D eigenvalue weighted by atomic mass is 16.6. The van der Waals surface area contributed by atoms with Crippen molar-refractivity contribution in [3.8, 4) is 0 Å². The highest BCUT2D eigenvalue weighted by Gasteiger charge is 2.32. The first-order chi connectivity index (χ1) is 12.8. The van der Waals surface area contributed by atoms with Gasteiger partial charge in [0, 0.05) is 11.7 Å². The molecule has 0 unspecified atom stereocenters. The maximum atomic E-state index is 12.2. The first-order valence-electron chi connectivity index (χ1n) is 9.06. The fourth-order valence-electron chi connectivity index (χ4n) is 2.57. The van der Waals surface area contributed by atoms with E-state index < -0.39 is 35.1 Å². The van der Waals surface area contributed by atoms with Crippen LogP contribution in [0.5, 0.6) is 0 Å². The largest absolute Gasteiger partial charge is 0.481 e. The minimum absolute atomic E-state index is 0.186. The van der Waals surface area contributed by atoms with Gasteiger partial charge >= 0.3 is 18.0 Å². The molecule has 1 aromatic carbocycles. The second-order valence-corrected chi connectivity index (χ2v) is 8.38. The van der Waals surface area contributed by atoms with Gasteiger partial charge in [-0.15, -0.1) is 0 Å². The van der Waals surface area contributed by atoms with Crippen molar-refractivity contribution in [2.45, 2.75) is 59.1 Å². The molecule has 0 bridgehead atoms. The molecule has 28 heavy (non-hydrogen) atoms. The summed E-state index contributed by atoms with van der Waals surface area (Å²) in [5.41, 5.74) is -0.145. The molecule has 0 spiro atoms. The summed E-state index contributed by atoms with van der Waals surface area (Å²) in [5.74, 6) is -1.90. The number of carbonyl (C=O) groups excluding carboxylic acids is 1. The number of anilines is 1. The van der Waals surface area contributed by atoms with Crippen molar-refractivity contribution >= 4 is 23.7 Å². The summed E-state index contributed by atoms with van der Waals surface area (Å²) in [6.07, 6.45) is 0.0360. The quantitative estimate of drug-likeness (QED) is 0.507. The summed E-state index contributed by atoms with van der Waals surface area (Å²) >= 11 is 0. The number of ether oxygens (including phenoxy) is 1. The third kappa shape index (κ3) is 8.75. The molecule has 1 atom stereocenters. The summed E-state index contributed by atoms with van der Waals surface area (Å²) in [6.45, 7) is 8.30. The summed E-state index contributed by atoms with van der Waals surface area (Å²) in [5, 5.41) is 23.7. The summed E-state index contributed by atoms with van der Waals surface area (Å²) in [6, 6.07) is 6.65. The zero-order valence-electron chi connectivity index (χ0n) is 17.0. The van der Waals surface area contributed by atoms with Crippen LogP contribution in [0, 0.1) is 5.41 Å². The zero-order chi connectivity index (χ0) is 21.5. The number of amides is 1. The van der Waals surface area contributed by atoms with Gasteiger partial charge in [0.2, 0.25) is 0 Å². The van der Waals surface area contributed by atoms with Gasteiger partial charge < -0.3 is 25.6 Å². The third-order valence-electron chi connectivity index (χ3n) is 3.94. The Kier molecular flexibility index (Phi) is 7.84. The van der Waals surface area contributed by atoms with Crippen molar-refractivity contribution in [1.29, 1.82) is 0 Å². The van der Waals surface area contributed by atoms with Crippen LogP contribution in [0.1, 0.15) is 46.6 Å². The van der Waals surface area contributed by atoms with E-state index >= 15 is 0 Å². The van der Waals surface area contributed by atoms with Gasteiger partial charge in [0.05, 0.1) is 5.41 Å². The number of alkyl carbamates (subject to hydrolysis) is 1. The average Bonchev–Trinajstić information content (AvgIpc) is 2.51. The molecule has 0 radical (unpaired) electrons. The first kappa shape index (κ1) is 23.3. The fraction of sp³-hybridized carbons (Fsp3) is 0.550. The highest BCUT2D eigenvalue weighted by molar-refractivity contribution is 5.74. The summed E-state index contributed by atoms with van der Waals surface area (Å²) in [4.78, 5) is 34.3. The van der Waals surface area contributed by atoms with Crippen LogP contribution in [0.25, 0.3) is 0 Å². The molecular formula is C20H30N2O6. The van der Waals surface area contributed by atoms with Crippen LogP contribution in [-0.4, -0.2) is 46.4 Å². The molecule has 1 amide bonds. The van der Waals surface area contributed by atoms with E-state index in [1.165, 1.54) is 0 Å². The van der Waals surface area contributed by atoms with E-state index in [-0.39, 0.29) is 13.0 Å². The average molecular weight is 394 g/mol. The van der Waals surface area contributed by atoms with Crippen molar-refractivity contribution < 1.29 is 29.3 Å². The van der Waals surface area contributed by atoms with Crippen LogP contribution in [-0.2, 0) is 20.7 Å². The van der Waals surface area contributed by atoms with Crippen LogP contribution < -0.4 is 10.6 Å². The van der Waals surface area contributed by atoms with Gasteiger partial charge in [-0.1, -0.05) is 12.1 Å². The Morgan fingerprint density at radius 3 is 2.07 bits per heavy atom. The van der Waals surface area contributed by atoms with Gasteiger partial charge in [0.1, 0.15) is 12.1 Å². The Balaban J connectivity index is 2.87. The Hall–Kier alpha value is -2.77. The Morgan fingerprint density at radius 2 is 1.61 bits per heavy atom. The standard InChI is InChI=1S/C20H30N2O6/c1-19(2,3)28-18(27)22-15(11-20(4,5)17(25)26)10-13-6-8-14(9-7-13)21-12-16(23)24/h6-9,15,21H,10-12H2,1-5H3,(H,22,27)(H,23,24)(H,25,26)/t15-/m1/s1. The minimum Gasteiger partial charge on any atom is -0.481 e. The number of hydrogen-bond acceptors (Lipinski definition) is 5. The van der Waals surface area contributed by atoms with Crippen molar-refractivity contribution in [3.05, 3.63) is 29.8 Å². The maximum absolute atomic E-state index is 12.2. The van der Waals surface area contributed by atoms with Crippen LogP contribution in [0.2, 0.25) is 0 Å². The number of hydrogen-bond donors (Lipinski definition) is 4. The lowest BCUT2D eigenvalue weighted by Gasteiger charge is -2.28. The van der Waals surface area contributed by atoms with Crippen molar-refractivity contribution in [3.63, 3.8) is 0 Å². The molecule has 4 N–H and O–H groups in total. The zero-order valence-corrected chi connectivity index (χ0v) is 17.0. The van der Waals surface area contributed by atoms with Crippen LogP contribution in [0.4, 0.5) is 10.5 Å². The molecule has 156 valence electrons. The molecule has 0 aliphatic rings. The predicted octanol–water partition coefficient (Wildman–Crippen LogP) is 3.12. The molecule has 0 heterocycles. The van der Waals surface area contributed by atoms with Gasteiger partial charge in [-0.3, -0.25) is 9.59 Å². The van der Waals surface area contributed by atoms with Gasteiger partial charge in [-0.25, -0.2) is 4.79 Å². The number of carbonyl (C=O) groups is 3. The Labute approximate surface area is 165 Å².